The maximum absolute atomic E-state index is 12.9. The minimum Gasteiger partial charge on any atom is -0.493 e. The molecule has 1 N–H and O–H groups in total. The molecule has 1 aliphatic rings. The lowest BCUT2D eigenvalue weighted by atomic mass is 9.95. The Morgan fingerprint density at radius 2 is 2.06 bits per heavy atom. The van der Waals surface area contributed by atoms with Gasteiger partial charge in [-0.05, 0) is 31.9 Å². The lowest BCUT2D eigenvalue weighted by Gasteiger charge is -2.31. The third-order valence-electron chi connectivity index (χ3n) is 5.31. The van der Waals surface area contributed by atoms with Gasteiger partial charge in [-0.2, -0.15) is 4.98 Å². The van der Waals surface area contributed by atoms with Crippen LogP contribution in [0.5, 0.6) is 5.75 Å². The van der Waals surface area contributed by atoms with Crippen molar-refractivity contribution in [1.29, 1.82) is 0 Å². The fraction of sp³-hybridized carbons (Fsp3) is 0.381. The number of likely N-dealkylation sites (tertiary alicyclic amines) is 1. The van der Waals surface area contributed by atoms with Gasteiger partial charge in [0.05, 0.1) is 13.7 Å². The van der Waals surface area contributed by atoms with Crippen molar-refractivity contribution in [1.82, 2.24) is 20.4 Å². The summed E-state index contributed by atoms with van der Waals surface area (Å²) in [7, 11) is 1.48. The summed E-state index contributed by atoms with van der Waals surface area (Å²) in [5, 5.41) is 7.07. The van der Waals surface area contributed by atoms with Gasteiger partial charge >= 0.3 is 5.63 Å². The van der Waals surface area contributed by atoms with Crippen molar-refractivity contribution in [2.45, 2.75) is 26.3 Å². The SMILES string of the molecule is COc1cccc2cc(C(=O)N3CCC(C(=O)NCc4nc(C)no4)CC3)c(=O)oc12. The summed E-state index contributed by atoms with van der Waals surface area (Å²) < 4.78 is 15.5. The van der Waals surface area contributed by atoms with Gasteiger partial charge in [0.25, 0.3) is 5.91 Å². The summed E-state index contributed by atoms with van der Waals surface area (Å²) >= 11 is 0. The highest BCUT2D eigenvalue weighted by Gasteiger charge is 2.29. The fourth-order valence-corrected chi connectivity index (χ4v) is 3.66. The maximum atomic E-state index is 12.9. The molecule has 31 heavy (non-hydrogen) atoms. The molecular weight excluding hydrogens is 404 g/mol. The molecule has 2 aromatic heterocycles. The molecule has 4 rings (SSSR count). The average Bonchev–Trinajstić information content (AvgIpc) is 3.21. The van der Waals surface area contributed by atoms with E-state index >= 15 is 0 Å². The largest absolute Gasteiger partial charge is 0.493 e. The molecule has 3 aromatic rings. The van der Waals surface area contributed by atoms with Crippen molar-refractivity contribution >= 4 is 22.8 Å². The minimum atomic E-state index is -0.711. The van der Waals surface area contributed by atoms with Crippen molar-refractivity contribution < 1.29 is 23.3 Å². The molecule has 0 bridgehead atoms. The highest BCUT2D eigenvalue weighted by atomic mass is 16.5. The number of piperidine rings is 1. The van der Waals surface area contributed by atoms with Gasteiger partial charge in [0, 0.05) is 24.4 Å². The Balaban J connectivity index is 1.39. The molecule has 162 valence electrons. The lowest BCUT2D eigenvalue weighted by molar-refractivity contribution is -0.126. The fourth-order valence-electron chi connectivity index (χ4n) is 3.66. The predicted molar refractivity (Wildman–Crippen MR) is 109 cm³/mol. The molecule has 3 heterocycles. The van der Waals surface area contributed by atoms with E-state index in [1.165, 1.54) is 13.2 Å². The summed E-state index contributed by atoms with van der Waals surface area (Å²) in [6, 6.07) is 6.72. The Bertz CT molecular complexity index is 1180. The molecule has 0 aliphatic carbocycles. The van der Waals surface area contributed by atoms with Gasteiger partial charge in [0.2, 0.25) is 11.8 Å². The van der Waals surface area contributed by atoms with E-state index in [1.807, 2.05) is 0 Å². The van der Waals surface area contributed by atoms with E-state index in [0.29, 0.717) is 54.4 Å². The van der Waals surface area contributed by atoms with E-state index in [0.717, 1.165) is 0 Å². The molecule has 0 atom stereocenters. The number of ether oxygens (including phenoxy) is 1. The van der Waals surface area contributed by atoms with E-state index in [1.54, 1.807) is 30.0 Å². The number of aryl methyl sites for hydroxylation is 1. The summed E-state index contributed by atoms with van der Waals surface area (Å²) in [6.07, 6.45) is 0.986. The van der Waals surface area contributed by atoms with Gasteiger partial charge in [-0.3, -0.25) is 9.59 Å². The molecule has 1 saturated heterocycles. The van der Waals surface area contributed by atoms with E-state index < -0.39 is 11.5 Å². The van der Waals surface area contributed by atoms with E-state index in [9.17, 15) is 14.4 Å². The smallest absolute Gasteiger partial charge is 0.349 e. The molecule has 1 fully saturated rings. The van der Waals surface area contributed by atoms with Crippen LogP contribution in [0.2, 0.25) is 0 Å². The number of nitrogens with zero attached hydrogens (tertiary/aromatic N) is 3. The van der Waals surface area contributed by atoms with Crippen molar-refractivity contribution in [2.24, 2.45) is 5.92 Å². The number of nitrogens with one attached hydrogen (secondary N) is 1. The second-order valence-corrected chi connectivity index (χ2v) is 7.35. The molecule has 2 amide bonds. The van der Waals surface area contributed by atoms with Crippen LogP contribution in [0.1, 0.15) is 34.9 Å². The predicted octanol–water partition coefficient (Wildman–Crippen LogP) is 1.66. The summed E-state index contributed by atoms with van der Waals surface area (Å²) in [5.74, 6) is 0.520. The number of para-hydroxylation sites is 1. The number of rotatable bonds is 5. The summed E-state index contributed by atoms with van der Waals surface area (Å²) in [5.41, 5.74) is -0.439. The molecule has 0 radical (unpaired) electrons. The molecule has 0 saturated carbocycles. The normalized spacial score (nSPS) is 14.6. The first-order chi connectivity index (χ1) is 15.0. The van der Waals surface area contributed by atoms with Crippen LogP contribution in [0.3, 0.4) is 0 Å². The maximum Gasteiger partial charge on any atom is 0.349 e. The Kier molecular flexibility index (Phi) is 5.70. The first-order valence-corrected chi connectivity index (χ1v) is 9.93. The average molecular weight is 426 g/mol. The first kappa shape index (κ1) is 20.6. The third kappa shape index (κ3) is 4.27. The van der Waals surface area contributed by atoms with Crippen molar-refractivity contribution in [2.75, 3.05) is 20.2 Å². The van der Waals surface area contributed by atoms with Crippen LogP contribution in [-0.2, 0) is 11.3 Å². The number of methoxy groups -OCH3 is 1. The summed E-state index contributed by atoms with van der Waals surface area (Å²) in [6.45, 7) is 2.60. The number of carbonyl (C=O) groups is 2. The van der Waals surface area contributed by atoms with Gasteiger partial charge in [-0.1, -0.05) is 17.3 Å². The van der Waals surface area contributed by atoms with Gasteiger partial charge in [-0.25, -0.2) is 4.79 Å². The van der Waals surface area contributed by atoms with Crippen molar-refractivity contribution in [3.05, 3.63) is 52.0 Å². The van der Waals surface area contributed by atoms with Crippen LogP contribution in [0.25, 0.3) is 11.0 Å². The quantitative estimate of drug-likeness (QED) is 0.610. The molecule has 1 aliphatic heterocycles. The Morgan fingerprint density at radius 3 is 2.74 bits per heavy atom. The van der Waals surface area contributed by atoms with Crippen LogP contribution in [0.15, 0.2) is 38.0 Å². The molecule has 0 unspecified atom stereocenters. The van der Waals surface area contributed by atoms with Crippen LogP contribution in [0.4, 0.5) is 0 Å². The number of hydrogen-bond donors (Lipinski definition) is 1. The van der Waals surface area contributed by atoms with E-state index in [2.05, 4.69) is 15.5 Å². The van der Waals surface area contributed by atoms with Gasteiger partial charge in [0.1, 0.15) is 5.56 Å². The van der Waals surface area contributed by atoms with Crippen molar-refractivity contribution in [3.8, 4) is 5.75 Å². The second kappa shape index (κ2) is 8.58. The molecule has 10 heteroatoms. The van der Waals surface area contributed by atoms with Gasteiger partial charge in [-0.15, -0.1) is 0 Å². The minimum absolute atomic E-state index is 0.0320. The lowest BCUT2D eigenvalue weighted by Crippen LogP contribution is -2.43. The van der Waals surface area contributed by atoms with Crippen LogP contribution in [0, 0.1) is 12.8 Å². The van der Waals surface area contributed by atoms with E-state index in [4.69, 9.17) is 13.7 Å². The number of aromatic nitrogens is 2. The second-order valence-electron chi connectivity index (χ2n) is 7.35. The Morgan fingerprint density at radius 1 is 1.29 bits per heavy atom. The number of hydrogen-bond acceptors (Lipinski definition) is 8. The van der Waals surface area contributed by atoms with Gasteiger partial charge < -0.3 is 23.9 Å². The third-order valence-corrected chi connectivity index (χ3v) is 5.31. The Labute approximate surface area is 177 Å². The zero-order valence-electron chi connectivity index (χ0n) is 17.2. The molecule has 1 aromatic carbocycles. The zero-order chi connectivity index (χ0) is 22.0. The van der Waals surface area contributed by atoms with Crippen LogP contribution < -0.4 is 15.7 Å². The molecule has 10 nitrogen and oxygen atoms in total. The summed E-state index contributed by atoms with van der Waals surface area (Å²) in [4.78, 5) is 43.4. The number of benzene rings is 1. The number of amides is 2. The number of fused-ring (bicyclic) bond motifs is 1. The van der Waals surface area contributed by atoms with Crippen molar-refractivity contribution in [3.63, 3.8) is 0 Å². The highest BCUT2D eigenvalue weighted by molar-refractivity contribution is 5.97. The highest BCUT2D eigenvalue weighted by Crippen LogP contribution is 2.25. The topological polar surface area (TPSA) is 128 Å². The van der Waals surface area contributed by atoms with Crippen LogP contribution >= 0.6 is 0 Å². The molecular formula is C21H22N4O6. The number of carbonyl (C=O) groups excluding carboxylic acids is 2. The van der Waals surface area contributed by atoms with E-state index in [-0.39, 0.29) is 23.9 Å². The first-order valence-electron chi connectivity index (χ1n) is 9.93. The molecule has 0 spiro atoms. The standard InChI is InChI=1S/C21H22N4O6/c1-12-23-17(31-24-12)11-22-19(26)13-6-8-25(9-7-13)20(27)15-10-14-4-3-5-16(29-2)18(14)30-21(15)28/h3-5,10,13H,6-9,11H2,1-2H3,(H,22,26). The zero-order valence-corrected chi connectivity index (χ0v) is 17.2. The van der Waals surface area contributed by atoms with Gasteiger partial charge in [0.15, 0.2) is 17.2 Å². The Hall–Kier alpha value is -3.69. The van der Waals surface area contributed by atoms with Crippen LogP contribution in [-0.4, -0.2) is 47.1 Å². The monoisotopic (exact) mass is 426 g/mol.